The van der Waals surface area contributed by atoms with E-state index in [1.165, 1.54) is 12.1 Å². The van der Waals surface area contributed by atoms with Gasteiger partial charge in [-0.05, 0) is 23.5 Å². The standard InChI is InChI=1S/C17H21F7O/c1-13(2,3)11-8-6-7-9-12(11)14(4,25-5)10-15(18,19)16(20,21)17(22,23)24/h6-9H,10H2,1-5H3. The fourth-order valence-electron chi connectivity index (χ4n) is 2.62. The highest BCUT2D eigenvalue weighted by molar-refractivity contribution is 5.37. The van der Waals surface area contributed by atoms with E-state index in [2.05, 4.69) is 0 Å². The summed E-state index contributed by atoms with van der Waals surface area (Å²) < 4.78 is 96.7. The predicted octanol–water partition coefficient (Wildman–Crippen LogP) is 6.07. The Bertz CT molecular complexity index is 602. The monoisotopic (exact) mass is 374 g/mol. The van der Waals surface area contributed by atoms with E-state index in [-0.39, 0.29) is 5.56 Å². The number of ether oxygens (including phenoxy) is 1. The van der Waals surface area contributed by atoms with E-state index in [9.17, 15) is 30.7 Å². The fraction of sp³-hybridized carbons (Fsp3) is 0.647. The van der Waals surface area contributed by atoms with Crippen LogP contribution in [0.3, 0.4) is 0 Å². The van der Waals surface area contributed by atoms with Crippen molar-refractivity contribution in [1.29, 1.82) is 0 Å². The smallest absolute Gasteiger partial charge is 0.374 e. The average Bonchev–Trinajstić information content (AvgIpc) is 2.44. The molecule has 0 saturated heterocycles. The Morgan fingerprint density at radius 3 is 1.60 bits per heavy atom. The quantitative estimate of drug-likeness (QED) is 0.569. The topological polar surface area (TPSA) is 9.23 Å². The Balaban J connectivity index is 3.44. The van der Waals surface area contributed by atoms with Crippen molar-refractivity contribution in [3.63, 3.8) is 0 Å². The lowest BCUT2D eigenvalue weighted by atomic mass is 9.76. The van der Waals surface area contributed by atoms with Gasteiger partial charge in [0.15, 0.2) is 0 Å². The van der Waals surface area contributed by atoms with Gasteiger partial charge in [0.25, 0.3) is 0 Å². The molecule has 0 aromatic heterocycles. The number of halogens is 7. The molecule has 0 spiro atoms. The molecule has 1 aromatic rings. The number of hydrogen-bond donors (Lipinski definition) is 0. The summed E-state index contributed by atoms with van der Waals surface area (Å²) in [7, 11) is 1.00. The summed E-state index contributed by atoms with van der Waals surface area (Å²) in [5, 5.41) is 0. The zero-order valence-electron chi connectivity index (χ0n) is 14.6. The Morgan fingerprint density at radius 1 is 0.800 bits per heavy atom. The lowest BCUT2D eigenvalue weighted by Crippen LogP contribution is -2.54. The van der Waals surface area contributed by atoms with Crippen LogP contribution in [0.2, 0.25) is 0 Å². The minimum Gasteiger partial charge on any atom is -0.374 e. The summed E-state index contributed by atoms with van der Waals surface area (Å²) in [5.41, 5.74) is -1.94. The molecule has 1 unspecified atom stereocenters. The van der Waals surface area contributed by atoms with Gasteiger partial charge in [-0.1, -0.05) is 45.0 Å². The maximum absolute atomic E-state index is 13.9. The van der Waals surface area contributed by atoms with Crippen LogP contribution in [0.4, 0.5) is 30.7 Å². The molecule has 0 fully saturated rings. The number of methoxy groups -OCH3 is 1. The van der Waals surface area contributed by atoms with Crippen LogP contribution < -0.4 is 0 Å². The first-order chi connectivity index (χ1) is 11.0. The van der Waals surface area contributed by atoms with E-state index in [0.717, 1.165) is 14.0 Å². The molecule has 1 atom stereocenters. The van der Waals surface area contributed by atoms with Crippen LogP contribution in [-0.2, 0) is 15.8 Å². The molecule has 144 valence electrons. The van der Waals surface area contributed by atoms with Crippen molar-refractivity contribution < 1.29 is 35.5 Å². The summed E-state index contributed by atoms with van der Waals surface area (Å²) in [4.78, 5) is 0. The van der Waals surface area contributed by atoms with Crippen LogP contribution >= 0.6 is 0 Å². The molecule has 0 bridgehead atoms. The molecule has 0 heterocycles. The summed E-state index contributed by atoms with van der Waals surface area (Å²) in [5.74, 6) is -11.5. The second-order valence-electron chi connectivity index (χ2n) is 7.18. The Hall–Kier alpha value is -1.31. The summed E-state index contributed by atoms with van der Waals surface area (Å²) in [6.45, 7) is 6.39. The van der Waals surface area contributed by atoms with Gasteiger partial charge in [0.05, 0.1) is 12.0 Å². The Labute approximate surface area is 142 Å². The van der Waals surface area contributed by atoms with Gasteiger partial charge < -0.3 is 4.74 Å². The first-order valence-electron chi connectivity index (χ1n) is 7.47. The van der Waals surface area contributed by atoms with Gasteiger partial charge in [0.2, 0.25) is 0 Å². The third-order valence-corrected chi connectivity index (χ3v) is 4.13. The first-order valence-corrected chi connectivity index (χ1v) is 7.47. The number of alkyl halides is 7. The molecule has 1 nitrogen and oxygen atoms in total. The zero-order chi connectivity index (χ0) is 19.9. The normalized spacial score (nSPS) is 16.6. The summed E-state index contributed by atoms with van der Waals surface area (Å²) in [6.07, 6.45) is -8.19. The average molecular weight is 374 g/mol. The molecule has 8 heteroatoms. The van der Waals surface area contributed by atoms with E-state index in [4.69, 9.17) is 4.74 Å². The van der Waals surface area contributed by atoms with Gasteiger partial charge in [-0.2, -0.15) is 30.7 Å². The van der Waals surface area contributed by atoms with Gasteiger partial charge in [-0.25, -0.2) is 0 Å². The Kier molecular flexibility index (Phi) is 5.60. The van der Waals surface area contributed by atoms with E-state index in [1.807, 2.05) is 0 Å². The molecule has 0 amide bonds. The van der Waals surface area contributed by atoms with Crippen molar-refractivity contribution in [2.75, 3.05) is 7.11 Å². The van der Waals surface area contributed by atoms with Crippen molar-refractivity contribution in [2.45, 2.75) is 63.2 Å². The first kappa shape index (κ1) is 21.7. The van der Waals surface area contributed by atoms with Crippen LogP contribution in [0, 0.1) is 0 Å². The molecule has 0 aliphatic carbocycles. The molecular weight excluding hydrogens is 353 g/mol. The zero-order valence-corrected chi connectivity index (χ0v) is 14.6. The lowest BCUT2D eigenvalue weighted by Gasteiger charge is -2.38. The van der Waals surface area contributed by atoms with Gasteiger partial charge in [-0.3, -0.25) is 0 Å². The van der Waals surface area contributed by atoms with E-state index in [1.54, 1.807) is 32.9 Å². The van der Waals surface area contributed by atoms with Gasteiger partial charge in [0.1, 0.15) is 0 Å². The van der Waals surface area contributed by atoms with Gasteiger partial charge >= 0.3 is 18.0 Å². The molecule has 0 N–H and O–H groups in total. The highest BCUT2D eigenvalue weighted by Crippen LogP contribution is 2.52. The van der Waals surface area contributed by atoms with Crippen molar-refractivity contribution in [2.24, 2.45) is 0 Å². The molecule has 0 radical (unpaired) electrons. The summed E-state index contributed by atoms with van der Waals surface area (Å²) >= 11 is 0. The van der Waals surface area contributed by atoms with Crippen molar-refractivity contribution in [1.82, 2.24) is 0 Å². The van der Waals surface area contributed by atoms with Crippen LogP contribution in [0.5, 0.6) is 0 Å². The molecular formula is C17H21F7O. The Morgan fingerprint density at radius 2 is 1.24 bits per heavy atom. The molecule has 25 heavy (non-hydrogen) atoms. The SMILES string of the molecule is COC(C)(CC(F)(F)C(F)(F)C(F)(F)F)c1ccccc1C(C)(C)C. The third kappa shape index (κ3) is 4.10. The number of rotatable bonds is 5. The molecule has 1 rings (SSSR count). The molecule has 0 aliphatic rings. The lowest BCUT2D eigenvalue weighted by molar-refractivity contribution is -0.362. The van der Waals surface area contributed by atoms with Crippen molar-refractivity contribution in [3.05, 3.63) is 35.4 Å². The molecule has 1 aromatic carbocycles. The van der Waals surface area contributed by atoms with Crippen LogP contribution in [0.1, 0.15) is 45.2 Å². The van der Waals surface area contributed by atoms with Crippen molar-refractivity contribution >= 4 is 0 Å². The second-order valence-corrected chi connectivity index (χ2v) is 7.18. The van der Waals surface area contributed by atoms with Gasteiger partial charge in [0, 0.05) is 7.11 Å². The van der Waals surface area contributed by atoms with Crippen molar-refractivity contribution in [3.8, 4) is 0 Å². The number of hydrogen-bond acceptors (Lipinski definition) is 1. The molecule has 0 aliphatic heterocycles. The van der Waals surface area contributed by atoms with Gasteiger partial charge in [-0.15, -0.1) is 0 Å². The van der Waals surface area contributed by atoms with E-state index >= 15 is 0 Å². The molecule has 0 saturated carbocycles. The van der Waals surface area contributed by atoms with E-state index < -0.39 is 35.5 Å². The summed E-state index contributed by atoms with van der Waals surface area (Å²) in [6, 6.07) is 6.11. The minimum atomic E-state index is -6.37. The largest absolute Gasteiger partial charge is 0.459 e. The fourth-order valence-corrected chi connectivity index (χ4v) is 2.62. The van der Waals surface area contributed by atoms with Crippen LogP contribution in [-0.4, -0.2) is 25.1 Å². The highest BCUT2D eigenvalue weighted by atomic mass is 19.4. The second kappa shape index (κ2) is 6.45. The highest BCUT2D eigenvalue weighted by Gasteiger charge is 2.73. The van der Waals surface area contributed by atoms with Crippen LogP contribution in [0.15, 0.2) is 24.3 Å². The maximum Gasteiger partial charge on any atom is 0.459 e. The number of benzene rings is 1. The van der Waals surface area contributed by atoms with Crippen LogP contribution in [0.25, 0.3) is 0 Å². The predicted molar refractivity (Wildman–Crippen MR) is 80.1 cm³/mol. The minimum absolute atomic E-state index is 0.141. The van der Waals surface area contributed by atoms with E-state index in [0.29, 0.717) is 5.56 Å². The third-order valence-electron chi connectivity index (χ3n) is 4.13. The maximum atomic E-state index is 13.9.